The summed E-state index contributed by atoms with van der Waals surface area (Å²) in [6.45, 7) is 7.82. The molecule has 0 N–H and O–H groups in total. The molecule has 0 bridgehead atoms. The minimum Gasteiger partial charge on any atom is -0.377 e. The Labute approximate surface area is 217 Å². The molecule has 5 heterocycles. The van der Waals surface area contributed by atoms with Crippen LogP contribution >= 0.6 is 11.6 Å². The highest BCUT2D eigenvalue weighted by atomic mass is 35.5. The second-order valence-corrected chi connectivity index (χ2v) is 10.1. The predicted octanol–water partition coefficient (Wildman–Crippen LogP) is 3.90. The van der Waals surface area contributed by atoms with E-state index in [1.165, 1.54) is 10.6 Å². The van der Waals surface area contributed by atoms with Crippen molar-refractivity contribution in [2.45, 2.75) is 39.0 Å². The number of hydrogen-bond acceptors (Lipinski definition) is 7. The molecule has 3 aromatic heterocycles. The van der Waals surface area contributed by atoms with Crippen molar-refractivity contribution in [2.75, 3.05) is 31.2 Å². The summed E-state index contributed by atoms with van der Waals surface area (Å²) in [6, 6.07) is 6.50. The molecule has 2 saturated heterocycles. The number of aromatic nitrogens is 5. The fourth-order valence-corrected chi connectivity index (χ4v) is 4.93. The molecule has 6 rings (SSSR count). The van der Waals surface area contributed by atoms with E-state index in [0.717, 1.165) is 5.56 Å². The lowest BCUT2D eigenvalue weighted by atomic mass is 10.1. The van der Waals surface area contributed by atoms with E-state index in [-0.39, 0.29) is 28.8 Å². The lowest BCUT2D eigenvalue weighted by Crippen LogP contribution is -2.43. The summed E-state index contributed by atoms with van der Waals surface area (Å²) in [5.41, 5.74) is 2.78. The fraction of sp³-hybridized carbons (Fsp3) is 0.385. The van der Waals surface area contributed by atoms with Gasteiger partial charge in [0.2, 0.25) is 0 Å². The van der Waals surface area contributed by atoms with Crippen LogP contribution in [-0.4, -0.2) is 56.8 Å². The molecule has 0 saturated carbocycles. The quantitative estimate of drug-likeness (QED) is 0.400. The Balaban J connectivity index is 1.45. The van der Waals surface area contributed by atoms with Crippen LogP contribution in [0.1, 0.15) is 35.9 Å². The van der Waals surface area contributed by atoms with Crippen LogP contribution in [0.2, 0.25) is 5.02 Å². The number of benzene rings is 1. The Hall–Kier alpha value is -3.34. The summed E-state index contributed by atoms with van der Waals surface area (Å²) in [5, 5.41) is 9.46. The van der Waals surface area contributed by atoms with E-state index in [9.17, 15) is 4.79 Å². The zero-order valence-electron chi connectivity index (χ0n) is 20.7. The van der Waals surface area contributed by atoms with Crippen LogP contribution in [0.3, 0.4) is 0 Å². The lowest BCUT2D eigenvalue weighted by Gasteiger charge is -2.37. The first-order valence-electron chi connectivity index (χ1n) is 12.2. The first-order valence-corrected chi connectivity index (χ1v) is 12.5. The zero-order valence-corrected chi connectivity index (χ0v) is 21.4. The molecule has 192 valence electrons. The molecule has 2 atom stereocenters. The van der Waals surface area contributed by atoms with Crippen molar-refractivity contribution in [3.05, 3.63) is 74.7 Å². The van der Waals surface area contributed by atoms with E-state index >= 15 is 4.39 Å². The molecule has 2 aliphatic heterocycles. The molecular formula is C26H26ClFN6O3. The van der Waals surface area contributed by atoms with Crippen molar-refractivity contribution in [1.82, 2.24) is 24.4 Å². The van der Waals surface area contributed by atoms with Gasteiger partial charge in [-0.05, 0) is 45.0 Å². The molecule has 1 aromatic carbocycles. The molecule has 0 aliphatic carbocycles. The lowest BCUT2D eigenvalue weighted by molar-refractivity contribution is -0.0297. The van der Waals surface area contributed by atoms with Crippen LogP contribution in [0, 0.1) is 19.7 Å². The van der Waals surface area contributed by atoms with E-state index in [0.29, 0.717) is 60.2 Å². The maximum absolute atomic E-state index is 15.1. The molecule has 2 aliphatic rings. The van der Waals surface area contributed by atoms with Crippen molar-refractivity contribution < 1.29 is 13.9 Å². The molecule has 9 nitrogen and oxygen atoms in total. The number of morpholine rings is 1. The largest absolute Gasteiger partial charge is 0.377 e. The van der Waals surface area contributed by atoms with Gasteiger partial charge in [0.15, 0.2) is 11.5 Å². The van der Waals surface area contributed by atoms with Crippen LogP contribution in [0.5, 0.6) is 0 Å². The molecule has 0 amide bonds. The van der Waals surface area contributed by atoms with Gasteiger partial charge in [-0.2, -0.15) is 9.61 Å². The van der Waals surface area contributed by atoms with Crippen molar-refractivity contribution in [3.8, 4) is 11.1 Å². The van der Waals surface area contributed by atoms with E-state index in [1.807, 2.05) is 24.0 Å². The number of anilines is 1. The van der Waals surface area contributed by atoms with Crippen molar-refractivity contribution in [2.24, 2.45) is 0 Å². The standard InChI is InChI=1S/C26H26ClFN6O3/c1-14-9-32(11-23(37-14)17-8-29-33(10-17)19-12-36-13-19)24-7-21(20-5-4-18(27)6-22(20)28)25-30-16(3)15(2)26(35)34(25)31-24/h4-8,10,14,19,23H,9,11-13H2,1-3H3/t14-,23-/m0/s1. The van der Waals surface area contributed by atoms with Crippen LogP contribution in [0.15, 0.2) is 41.5 Å². The third-order valence-corrected chi connectivity index (χ3v) is 7.28. The van der Waals surface area contributed by atoms with Crippen molar-refractivity contribution >= 4 is 23.1 Å². The molecule has 4 aromatic rings. The van der Waals surface area contributed by atoms with Gasteiger partial charge in [-0.15, -0.1) is 5.10 Å². The number of aryl methyl sites for hydroxylation is 1. The van der Waals surface area contributed by atoms with Gasteiger partial charge in [-0.1, -0.05) is 11.6 Å². The SMILES string of the molecule is Cc1nc2c(-c3ccc(Cl)cc3F)cc(N3C[C@@H](c4cnn(C5COC5)c4)O[C@@H](C)C3)nn2c(=O)c1C. The molecule has 0 radical (unpaired) electrons. The number of rotatable bonds is 4. The third kappa shape index (κ3) is 4.28. The number of halogens is 2. The molecule has 0 unspecified atom stereocenters. The van der Waals surface area contributed by atoms with Gasteiger partial charge in [0, 0.05) is 45.7 Å². The Morgan fingerprint density at radius 2 is 1.95 bits per heavy atom. The average Bonchev–Trinajstić information content (AvgIpc) is 3.30. The zero-order chi connectivity index (χ0) is 25.8. The summed E-state index contributed by atoms with van der Waals surface area (Å²) >= 11 is 6.01. The Morgan fingerprint density at radius 1 is 1.14 bits per heavy atom. The smallest absolute Gasteiger partial charge is 0.277 e. The maximum Gasteiger partial charge on any atom is 0.277 e. The molecule has 37 heavy (non-hydrogen) atoms. The topological polar surface area (TPSA) is 86.8 Å². The summed E-state index contributed by atoms with van der Waals surface area (Å²) in [7, 11) is 0. The third-order valence-electron chi connectivity index (χ3n) is 7.04. The van der Waals surface area contributed by atoms with Crippen LogP contribution in [0.25, 0.3) is 16.8 Å². The van der Waals surface area contributed by atoms with Crippen LogP contribution in [0.4, 0.5) is 10.2 Å². The fourth-order valence-electron chi connectivity index (χ4n) is 4.77. The molecular weight excluding hydrogens is 499 g/mol. The first-order chi connectivity index (χ1) is 17.8. The highest BCUT2D eigenvalue weighted by Gasteiger charge is 2.31. The van der Waals surface area contributed by atoms with Gasteiger partial charge >= 0.3 is 0 Å². The van der Waals surface area contributed by atoms with E-state index in [1.54, 1.807) is 32.0 Å². The highest BCUT2D eigenvalue weighted by Crippen LogP contribution is 2.33. The van der Waals surface area contributed by atoms with E-state index < -0.39 is 5.82 Å². The maximum atomic E-state index is 15.1. The van der Waals surface area contributed by atoms with Crippen LogP contribution in [-0.2, 0) is 9.47 Å². The summed E-state index contributed by atoms with van der Waals surface area (Å²) in [5.74, 6) is 0.0311. The summed E-state index contributed by atoms with van der Waals surface area (Å²) < 4.78 is 29.8. The molecule has 11 heteroatoms. The summed E-state index contributed by atoms with van der Waals surface area (Å²) in [6.07, 6.45) is 3.46. The number of hydrogen-bond donors (Lipinski definition) is 0. The van der Waals surface area contributed by atoms with Gasteiger partial charge in [0.1, 0.15) is 11.9 Å². The average molecular weight is 525 g/mol. The monoisotopic (exact) mass is 524 g/mol. The first kappa shape index (κ1) is 24.0. The van der Waals surface area contributed by atoms with E-state index in [2.05, 4.69) is 20.1 Å². The Kier molecular flexibility index (Phi) is 5.97. The van der Waals surface area contributed by atoms with Gasteiger partial charge in [0.25, 0.3) is 5.56 Å². The van der Waals surface area contributed by atoms with Crippen molar-refractivity contribution in [3.63, 3.8) is 0 Å². The minimum atomic E-state index is -0.500. The second kappa shape index (κ2) is 9.20. The summed E-state index contributed by atoms with van der Waals surface area (Å²) in [4.78, 5) is 19.9. The van der Waals surface area contributed by atoms with Gasteiger partial charge in [-0.25, -0.2) is 9.37 Å². The molecule has 2 fully saturated rings. The van der Waals surface area contributed by atoms with Crippen LogP contribution < -0.4 is 10.5 Å². The second-order valence-electron chi connectivity index (χ2n) is 9.69. The number of ether oxygens (including phenoxy) is 2. The highest BCUT2D eigenvalue weighted by molar-refractivity contribution is 6.30. The minimum absolute atomic E-state index is 0.114. The predicted molar refractivity (Wildman–Crippen MR) is 137 cm³/mol. The number of fused-ring (bicyclic) bond motifs is 1. The van der Waals surface area contributed by atoms with E-state index in [4.69, 9.17) is 21.1 Å². The Morgan fingerprint density at radius 3 is 2.68 bits per heavy atom. The number of nitrogens with zero attached hydrogens (tertiary/aromatic N) is 6. The van der Waals surface area contributed by atoms with Gasteiger partial charge < -0.3 is 14.4 Å². The Bertz CT molecular complexity index is 1570. The molecule has 0 spiro atoms. The van der Waals surface area contributed by atoms with Gasteiger partial charge in [-0.3, -0.25) is 9.48 Å². The van der Waals surface area contributed by atoms with Crippen molar-refractivity contribution in [1.29, 1.82) is 0 Å². The normalized spacial score (nSPS) is 20.4. The van der Waals surface area contributed by atoms with Gasteiger partial charge in [0.05, 0.1) is 38.1 Å².